The highest BCUT2D eigenvalue weighted by molar-refractivity contribution is 5.94. The van der Waals surface area contributed by atoms with Gasteiger partial charge in [-0.25, -0.2) is 5.43 Å². The minimum absolute atomic E-state index is 0.165. The largest absolute Gasteiger partial charge is 0.433 e. The highest BCUT2D eigenvalue weighted by Crippen LogP contribution is 2.13. The Balaban J connectivity index is 1.96. The maximum atomic E-state index is 11.5. The zero-order valence-electron chi connectivity index (χ0n) is 9.52. The number of nitrogens with zero attached hydrogens (tertiary/aromatic N) is 3. The average molecular weight is 260 g/mol. The van der Waals surface area contributed by atoms with Gasteiger partial charge in [0, 0.05) is 12.4 Å². The zero-order chi connectivity index (χ0) is 13.7. The highest BCUT2D eigenvalue weighted by Gasteiger charge is 2.10. The first-order valence-electron chi connectivity index (χ1n) is 5.14. The SMILES string of the molecule is O=C(N/N=C\c1ccc([N+](=O)[O-])o1)c1cccnc1. The summed E-state index contributed by atoms with van der Waals surface area (Å²) in [7, 11) is 0. The first-order valence-corrected chi connectivity index (χ1v) is 5.14. The van der Waals surface area contributed by atoms with E-state index in [-0.39, 0.29) is 11.6 Å². The number of hydrogen-bond acceptors (Lipinski definition) is 6. The molecule has 0 fully saturated rings. The van der Waals surface area contributed by atoms with Crippen molar-refractivity contribution in [2.24, 2.45) is 5.10 Å². The Labute approximate surface area is 106 Å². The van der Waals surface area contributed by atoms with Gasteiger partial charge < -0.3 is 4.42 Å². The van der Waals surface area contributed by atoms with Crippen LogP contribution in [0.25, 0.3) is 0 Å². The molecule has 0 saturated carbocycles. The topological polar surface area (TPSA) is 111 Å². The van der Waals surface area contributed by atoms with E-state index in [1.165, 1.54) is 24.5 Å². The van der Waals surface area contributed by atoms with Crippen LogP contribution < -0.4 is 5.43 Å². The van der Waals surface area contributed by atoms with Crippen LogP contribution in [0.1, 0.15) is 16.1 Å². The predicted octanol–water partition coefficient (Wildman–Crippen LogP) is 1.35. The molecule has 8 nitrogen and oxygen atoms in total. The number of nitrogens with one attached hydrogen (secondary N) is 1. The lowest BCUT2D eigenvalue weighted by atomic mass is 10.3. The highest BCUT2D eigenvalue weighted by atomic mass is 16.6. The van der Waals surface area contributed by atoms with Crippen molar-refractivity contribution in [1.29, 1.82) is 0 Å². The van der Waals surface area contributed by atoms with Crippen molar-refractivity contribution in [3.8, 4) is 0 Å². The molecule has 2 rings (SSSR count). The summed E-state index contributed by atoms with van der Waals surface area (Å²) in [6.07, 6.45) is 4.10. The lowest BCUT2D eigenvalue weighted by Crippen LogP contribution is -2.17. The molecule has 0 aromatic carbocycles. The van der Waals surface area contributed by atoms with Gasteiger partial charge in [0.15, 0.2) is 5.76 Å². The van der Waals surface area contributed by atoms with E-state index >= 15 is 0 Å². The standard InChI is InChI=1S/C11H8N4O4/c16-11(8-2-1-5-12-6-8)14-13-7-9-3-4-10(19-9)15(17)18/h1-7H,(H,14,16)/b13-7-. The number of rotatable bonds is 4. The minimum Gasteiger partial charge on any atom is -0.400 e. The molecule has 1 N–H and O–H groups in total. The maximum absolute atomic E-state index is 11.5. The van der Waals surface area contributed by atoms with Gasteiger partial charge in [-0.3, -0.25) is 19.9 Å². The van der Waals surface area contributed by atoms with Gasteiger partial charge in [0.05, 0.1) is 17.8 Å². The smallest absolute Gasteiger partial charge is 0.400 e. The van der Waals surface area contributed by atoms with Gasteiger partial charge in [-0.1, -0.05) is 0 Å². The third kappa shape index (κ3) is 3.22. The van der Waals surface area contributed by atoms with Crippen molar-refractivity contribution in [2.75, 3.05) is 0 Å². The van der Waals surface area contributed by atoms with E-state index in [0.717, 1.165) is 0 Å². The molecular weight excluding hydrogens is 252 g/mol. The Morgan fingerprint density at radius 3 is 2.95 bits per heavy atom. The normalized spacial score (nSPS) is 10.5. The number of amides is 1. The molecular formula is C11H8N4O4. The number of nitro groups is 1. The van der Waals surface area contributed by atoms with Crippen LogP contribution in [0.5, 0.6) is 0 Å². The van der Waals surface area contributed by atoms with E-state index in [0.29, 0.717) is 5.56 Å². The summed E-state index contributed by atoms with van der Waals surface area (Å²) in [5, 5.41) is 14.0. The van der Waals surface area contributed by atoms with Gasteiger partial charge >= 0.3 is 5.88 Å². The van der Waals surface area contributed by atoms with Crippen molar-refractivity contribution in [1.82, 2.24) is 10.4 Å². The Bertz CT molecular complexity index is 621. The van der Waals surface area contributed by atoms with Gasteiger partial charge in [0.25, 0.3) is 5.91 Å². The molecule has 96 valence electrons. The Morgan fingerprint density at radius 2 is 2.32 bits per heavy atom. The van der Waals surface area contributed by atoms with Crippen molar-refractivity contribution in [2.45, 2.75) is 0 Å². The van der Waals surface area contributed by atoms with E-state index in [4.69, 9.17) is 4.42 Å². The summed E-state index contributed by atoms with van der Waals surface area (Å²) in [5.41, 5.74) is 2.60. The third-order valence-corrected chi connectivity index (χ3v) is 2.07. The third-order valence-electron chi connectivity index (χ3n) is 2.07. The first-order chi connectivity index (χ1) is 9.16. The van der Waals surface area contributed by atoms with Crippen LogP contribution in [0.3, 0.4) is 0 Å². The number of aromatic nitrogens is 1. The summed E-state index contributed by atoms with van der Waals surface area (Å²) < 4.78 is 4.82. The second-order valence-electron chi connectivity index (χ2n) is 3.37. The number of hydrogen-bond donors (Lipinski definition) is 1. The molecule has 0 spiro atoms. The monoisotopic (exact) mass is 260 g/mol. The van der Waals surface area contributed by atoms with E-state index < -0.39 is 10.8 Å². The van der Waals surface area contributed by atoms with Crippen molar-refractivity contribution in [3.05, 3.63) is 58.1 Å². The van der Waals surface area contributed by atoms with Crippen molar-refractivity contribution >= 4 is 18.0 Å². The van der Waals surface area contributed by atoms with E-state index in [1.54, 1.807) is 18.3 Å². The molecule has 1 amide bonds. The van der Waals surface area contributed by atoms with Gasteiger partial charge in [-0.15, -0.1) is 0 Å². The molecule has 2 heterocycles. The molecule has 0 atom stereocenters. The van der Waals surface area contributed by atoms with Gasteiger partial charge in [0.2, 0.25) is 0 Å². The van der Waals surface area contributed by atoms with E-state index in [1.807, 2.05) is 0 Å². The fraction of sp³-hybridized carbons (Fsp3) is 0. The summed E-state index contributed by atoms with van der Waals surface area (Å²) in [4.78, 5) is 25.0. The lowest BCUT2D eigenvalue weighted by Gasteiger charge is -1.97. The summed E-state index contributed by atoms with van der Waals surface area (Å²) >= 11 is 0. The van der Waals surface area contributed by atoms with Gasteiger partial charge in [-0.05, 0) is 18.2 Å². The fourth-order valence-corrected chi connectivity index (χ4v) is 1.23. The van der Waals surface area contributed by atoms with Gasteiger partial charge in [0.1, 0.15) is 4.92 Å². The Kier molecular flexibility index (Phi) is 3.62. The molecule has 0 radical (unpaired) electrons. The Hall–Kier alpha value is -3.03. The Morgan fingerprint density at radius 1 is 1.47 bits per heavy atom. The fourth-order valence-electron chi connectivity index (χ4n) is 1.23. The number of furan rings is 1. The van der Waals surface area contributed by atoms with Crippen molar-refractivity contribution < 1.29 is 14.1 Å². The maximum Gasteiger partial charge on any atom is 0.433 e. The minimum atomic E-state index is -0.661. The summed E-state index contributed by atoms with van der Waals surface area (Å²) in [5.74, 6) is -0.663. The van der Waals surface area contributed by atoms with Crippen LogP contribution in [-0.4, -0.2) is 22.0 Å². The molecule has 0 unspecified atom stereocenters. The molecule has 0 aliphatic carbocycles. The summed E-state index contributed by atoms with van der Waals surface area (Å²) in [6.45, 7) is 0. The molecule has 0 bridgehead atoms. The van der Waals surface area contributed by atoms with Crippen LogP contribution in [0.15, 0.2) is 46.2 Å². The molecule has 2 aromatic rings. The van der Waals surface area contributed by atoms with Crippen LogP contribution >= 0.6 is 0 Å². The van der Waals surface area contributed by atoms with Crippen LogP contribution in [0.2, 0.25) is 0 Å². The molecule has 19 heavy (non-hydrogen) atoms. The van der Waals surface area contributed by atoms with Crippen LogP contribution in [0.4, 0.5) is 5.88 Å². The number of carbonyl (C=O) groups excluding carboxylic acids is 1. The molecule has 2 aromatic heterocycles. The van der Waals surface area contributed by atoms with Crippen LogP contribution in [0, 0.1) is 10.1 Å². The van der Waals surface area contributed by atoms with E-state index in [2.05, 4.69) is 15.5 Å². The quantitative estimate of drug-likeness (QED) is 0.506. The van der Waals surface area contributed by atoms with Crippen molar-refractivity contribution in [3.63, 3.8) is 0 Å². The van der Waals surface area contributed by atoms with E-state index in [9.17, 15) is 14.9 Å². The number of carbonyl (C=O) groups is 1. The molecule has 0 aliphatic rings. The molecule has 8 heteroatoms. The average Bonchev–Trinajstić information content (AvgIpc) is 2.89. The predicted molar refractivity (Wildman–Crippen MR) is 64.7 cm³/mol. The zero-order valence-corrected chi connectivity index (χ0v) is 9.52. The first kappa shape index (κ1) is 12.4. The lowest BCUT2D eigenvalue weighted by molar-refractivity contribution is -0.402. The second-order valence-corrected chi connectivity index (χ2v) is 3.37. The van der Waals surface area contributed by atoms with Gasteiger partial charge in [-0.2, -0.15) is 5.10 Å². The molecule has 0 aliphatic heterocycles. The van der Waals surface area contributed by atoms with Crippen LogP contribution in [-0.2, 0) is 0 Å². The number of pyridine rings is 1. The summed E-state index contributed by atoms with van der Waals surface area (Å²) in [6, 6.07) is 5.77. The second kappa shape index (κ2) is 5.54. The molecule has 0 saturated heterocycles. The number of hydrazone groups is 1.